The number of hydrogen-bond acceptors (Lipinski definition) is 3. The van der Waals surface area contributed by atoms with Gasteiger partial charge in [-0.2, -0.15) is 18.3 Å². The molecule has 0 saturated carbocycles. The second-order valence-corrected chi connectivity index (χ2v) is 7.80. The number of carbonyl (C=O) groups is 1. The summed E-state index contributed by atoms with van der Waals surface area (Å²) in [5, 5.41) is 8.74. The van der Waals surface area contributed by atoms with Crippen molar-refractivity contribution in [2.24, 2.45) is 0 Å². The molecule has 2 aromatic carbocycles. The van der Waals surface area contributed by atoms with Crippen molar-refractivity contribution >= 4 is 27.8 Å². The molecule has 0 aliphatic carbocycles. The number of aryl methyl sites for hydroxylation is 1. The van der Waals surface area contributed by atoms with Gasteiger partial charge in [0.2, 0.25) is 0 Å². The number of alkyl halides is 3. The maximum atomic E-state index is 13.4. The van der Waals surface area contributed by atoms with Gasteiger partial charge in [-0.15, -0.1) is 0 Å². The molecule has 0 aliphatic heterocycles. The second-order valence-electron chi connectivity index (χ2n) is 7.80. The molecular formula is C23H22F3N3O2. The molecule has 0 radical (unpaired) electrons. The van der Waals surface area contributed by atoms with Crippen LogP contribution in [0.15, 0.2) is 42.6 Å². The Kier molecular flexibility index (Phi) is 5.24. The van der Waals surface area contributed by atoms with Gasteiger partial charge in [0.25, 0.3) is 0 Å². The van der Waals surface area contributed by atoms with Gasteiger partial charge in [-0.3, -0.25) is 9.89 Å². The normalized spacial score (nSPS) is 12.2. The molecule has 0 aliphatic rings. The molecule has 0 bridgehead atoms. The van der Waals surface area contributed by atoms with Crippen molar-refractivity contribution in [3.05, 3.63) is 59.4 Å². The van der Waals surface area contributed by atoms with Gasteiger partial charge in [0.05, 0.1) is 29.9 Å². The van der Waals surface area contributed by atoms with E-state index in [4.69, 9.17) is 4.74 Å². The van der Waals surface area contributed by atoms with Crippen molar-refractivity contribution < 1.29 is 22.7 Å². The maximum absolute atomic E-state index is 13.4. The Hall–Kier alpha value is -3.29. The molecule has 0 saturated heterocycles. The van der Waals surface area contributed by atoms with Gasteiger partial charge in [0.15, 0.2) is 0 Å². The molecule has 0 atom stereocenters. The van der Waals surface area contributed by atoms with Crippen LogP contribution in [0.1, 0.15) is 43.0 Å². The average molecular weight is 429 g/mol. The fourth-order valence-corrected chi connectivity index (χ4v) is 4.11. The Balaban J connectivity index is 2.03. The zero-order chi connectivity index (χ0) is 22.3. The number of rotatable bonds is 5. The minimum Gasteiger partial charge on any atom is -0.469 e. The van der Waals surface area contributed by atoms with Crippen molar-refractivity contribution in [3.8, 4) is 5.69 Å². The summed E-state index contributed by atoms with van der Waals surface area (Å²) in [6, 6.07) is 9.18. The van der Waals surface area contributed by atoms with Crippen molar-refractivity contribution in [1.29, 1.82) is 0 Å². The number of fused-ring (bicyclic) bond motifs is 2. The number of hydrogen-bond donors (Lipinski definition) is 1. The number of ether oxygens (including phenoxy) is 1. The van der Waals surface area contributed by atoms with Crippen molar-refractivity contribution in [2.45, 2.75) is 38.8 Å². The van der Waals surface area contributed by atoms with Crippen LogP contribution in [0.3, 0.4) is 0 Å². The molecule has 4 aromatic rings. The summed E-state index contributed by atoms with van der Waals surface area (Å²) < 4.78 is 46.9. The first kappa shape index (κ1) is 21.0. The van der Waals surface area contributed by atoms with Crippen LogP contribution in [-0.4, -0.2) is 27.8 Å². The fourth-order valence-electron chi connectivity index (χ4n) is 4.11. The first-order valence-corrected chi connectivity index (χ1v) is 9.95. The van der Waals surface area contributed by atoms with E-state index >= 15 is 0 Å². The highest BCUT2D eigenvalue weighted by atomic mass is 19.4. The maximum Gasteiger partial charge on any atom is 0.416 e. The van der Waals surface area contributed by atoms with Gasteiger partial charge in [-0.1, -0.05) is 19.9 Å². The second kappa shape index (κ2) is 7.76. The Bertz CT molecular complexity index is 1270. The molecule has 0 fully saturated rings. The van der Waals surface area contributed by atoms with Gasteiger partial charge < -0.3 is 9.30 Å². The van der Waals surface area contributed by atoms with Crippen LogP contribution in [0.4, 0.5) is 13.2 Å². The molecule has 0 amide bonds. The number of benzene rings is 2. The standard InChI is InChI=1S/C23H22F3N3O2/c1-13(2)22-17(7-8-21(30)31-3)18-11-19-14(12-27-28-19)9-20(18)29(22)16-6-4-5-15(10-16)23(24,25)26/h4-6,9-13H,7-8H2,1-3H3,(H,27,28). The molecular weight excluding hydrogens is 407 g/mol. The number of methoxy groups -OCH3 is 1. The lowest BCUT2D eigenvalue weighted by Gasteiger charge is -2.17. The van der Waals surface area contributed by atoms with Crippen LogP contribution in [0.2, 0.25) is 0 Å². The van der Waals surface area contributed by atoms with Crippen molar-refractivity contribution in [3.63, 3.8) is 0 Å². The zero-order valence-electron chi connectivity index (χ0n) is 17.4. The van der Waals surface area contributed by atoms with E-state index in [0.717, 1.165) is 45.2 Å². The molecule has 8 heteroatoms. The number of aromatic amines is 1. The molecule has 162 valence electrons. The van der Waals surface area contributed by atoms with Gasteiger partial charge in [0, 0.05) is 28.6 Å². The van der Waals surface area contributed by atoms with Crippen LogP contribution in [-0.2, 0) is 22.1 Å². The number of halogens is 3. The number of carbonyl (C=O) groups excluding carboxylic acids is 1. The van der Waals surface area contributed by atoms with Crippen LogP contribution in [0.25, 0.3) is 27.5 Å². The number of H-pyrrole nitrogens is 1. The summed E-state index contributed by atoms with van der Waals surface area (Å²) in [5.41, 5.74) is 3.11. The summed E-state index contributed by atoms with van der Waals surface area (Å²) in [6.45, 7) is 3.99. The molecule has 4 rings (SSSR count). The predicted octanol–water partition coefficient (Wildman–Crippen LogP) is 5.75. The van der Waals surface area contributed by atoms with Crippen LogP contribution >= 0.6 is 0 Å². The third-order valence-electron chi connectivity index (χ3n) is 5.46. The van der Waals surface area contributed by atoms with Crippen LogP contribution in [0, 0.1) is 0 Å². The number of aromatic nitrogens is 3. The van der Waals surface area contributed by atoms with Crippen molar-refractivity contribution in [2.75, 3.05) is 7.11 Å². The van der Waals surface area contributed by atoms with Gasteiger partial charge in [0.1, 0.15) is 0 Å². The number of esters is 1. The number of nitrogens with one attached hydrogen (secondary N) is 1. The summed E-state index contributed by atoms with van der Waals surface area (Å²) in [7, 11) is 1.34. The van der Waals surface area contributed by atoms with E-state index in [-0.39, 0.29) is 18.3 Å². The van der Waals surface area contributed by atoms with Gasteiger partial charge >= 0.3 is 12.1 Å². The fraction of sp³-hybridized carbons (Fsp3) is 0.304. The Morgan fingerprint density at radius 1 is 1.23 bits per heavy atom. The SMILES string of the molecule is COC(=O)CCc1c(C(C)C)n(-c2cccc(C(F)(F)F)c2)c2cc3cn[nH]c3cc12. The average Bonchev–Trinajstić information content (AvgIpc) is 3.31. The highest BCUT2D eigenvalue weighted by Gasteiger charge is 2.31. The van der Waals surface area contributed by atoms with Crippen LogP contribution < -0.4 is 0 Å². The summed E-state index contributed by atoms with van der Waals surface area (Å²) >= 11 is 0. The molecule has 5 nitrogen and oxygen atoms in total. The Morgan fingerprint density at radius 2 is 2.00 bits per heavy atom. The minimum absolute atomic E-state index is 0.00561. The quantitative estimate of drug-likeness (QED) is 0.411. The van der Waals surface area contributed by atoms with E-state index < -0.39 is 11.7 Å². The first-order valence-electron chi connectivity index (χ1n) is 9.95. The lowest BCUT2D eigenvalue weighted by Crippen LogP contribution is -2.09. The third-order valence-corrected chi connectivity index (χ3v) is 5.46. The van der Waals surface area contributed by atoms with E-state index in [9.17, 15) is 18.0 Å². The van der Waals surface area contributed by atoms with Crippen LogP contribution in [0.5, 0.6) is 0 Å². The summed E-state index contributed by atoms with van der Waals surface area (Å²) in [5.74, 6) is -0.330. The third kappa shape index (κ3) is 3.78. The monoisotopic (exact) mass is 429 g/mol. The van der Waals surface area contributed by atoms with Gasteiger partial charge in [-0.05, 0) is 48.2 Å². The van der Waals surface area contributed by atoms with E-state index in [2.05, 4.69) is 10.2 Å². The summed E-state index contributed by atoms with van der Waals surface area (Å²) in [6.07, 6.45) is -2.16. The van der Waals surface area contributed by atoms with Gasteiger partial charge in [-0.25, -0.2) is 0 Å². The largest absolute Gasteiger partial charge is 0.469 e. The Morgan fingerprint density at radius 3 is 2.68 bits per heavy atom. The minimum atomic E-state index is -4.44. The summed E-state index contributed by atoms with van der Waals surface area (Å²) in [4.78, 5) is 11.8. The lowest BCUT2D eigenvalue weighted by molar-refractivity contribution is -0.140. The highest BCUT2D eigenvalue weighted by Crippen LogP contribution is 2.38. The van der Waals surface area contributed by atoms with Crippen molar-refractivity contribution in [1.82, 2.24) is 14.8 Å². The number of nitrogens with zero attached hydrogens (tertiary/aromatic N) is 2. The van der Waals surface area contributed by atoms with E-state index in [1.165, 1.54) is 13.2 Å². The Labute approximate surface area is 176 Å². The zero-order valence-corrected chi connectivity index (χ0v) is 17.4. The molecule has 0 spiro atoms. The lowest BCUT2D eigenvalue weighted by atomic mass is 9.99. The molecule has 31 heavy (non-hydrogen) atoms. The van der Waals surface area contributed by atoms with E-state index in [1.807, 2.05) is 30.5 Å². The topological polar surface area (TPSA) is 59.9 Å². The molecule has 2 heterocycles. The highest BCUT2D eigenvalue weighted by molar-refractivity contribution is 5.98. The molecule has 0 unspecified atom stereocenters. The predicted molar refractivity (Wildman–Crippen MR) is 112 cm³/mol. The van der Waals surface area contributed by atoms with E-state index in [1.54, 1.807) is 12.3 Å². The molecule has 1 N–H and O–H groups in total. The first-order chi connectivity index (χ1) is 14.7. The molecule has 2 aromatic heterocycles. The van der Waals surface area contributed by atoms with E-state index in [0.29, 0.717) is 12.1 Å². The smallest absolute Gasteiger partial charge is 0.416 e.